The van der Waals surface area contributed by atoms with Crippen LogP contribution in [0.2, 0.25) is 0 Å². The standard InChI is InChI=1S/C14H26N2O4/c1-11(6-9-20-2)16-13(19)15-10-14(12(17)18)7-4-3-5-8-14/h11H,3-10H2,1-2H3,(H,17,18)(H2,15,16,19). The van der Waals surface area contributed by atoms with E-state index in [2.05, 4.69) is 10.6 Å². The van der Waals surface area contributed by atoms with Gasteiger partial charge in [0, 0.05) is 26.3 Å². The molecule has 0 aromatic carbocycles. The quantitative estimate of drug-likeness (QED) is 0.665. The Morgan fingerprint density at radius 1 is 1.30 bits per heavy atom. The van der Waals surface area contributed by atoms with Crippen LogP contribution in [0.15, 0.2) is 0 Å². The van der Waals surface area contributed by atoms with E-state index in [4.69, 9.17) is 4.74 Å². The van der Waals surface area contributed by atoms with Crippen LogP contribution in [0.25, 0.3) is 0 Å². The zero-order valence-corrected chi connectivity index (χ0v) is 12.4. The van der Waals surface area contributed by atoms with E-state index >= 15 is 0 Å². The molecule has 3 N–H and O–H groups in total. The highest BCUT2D eigenvalue weighted by molar-refractivity contribution is 5.78. The first kappa shape index (κ1) is 16.8. The lowest BCUT2D eigenvalue weighted by Gasteiger charge is -2.33. The van der Waals surface area contributed by atoms with Crippen molar-refractivity contribution in [2.45, 2.75) is 51.5 Å². The molecule has 6 heteroatoms. The van der Waals surface area contributed by atoms with Crippen LogP contribution in [-0.2, 0) is 9.53 Å². The van der Waals surface area contributed by atoms with Gasteiger partial charge in [-0.15, -0.1) is 0 Å². The van der Waals surface area contributed by atoms with Gasteiger partial charge in [0.25, 0.3) is 0 Å². The van der Waals surface area contributed by atoms with Crippen LogP contribution < -0.4 is 10.6 Å². The second kappa shape index (κ2) is 8.09. The number of carboxylic acids is 1. The Balaban J connectivity index is 2.39. The van der Waals surface area contributed by atoms with Gasteiger partial charge < -0.3 is 20.5 Å². The average molecular weight is 286 g/mol. The fourth-order valence-corrected chi connectivity index (χ4v) is 2.59. The summed E-state index contributed by atoms with van der Waals surface area (Å²) < 4.78 is 4.95. The number of ether oxygens (including phenoxy) is 1. The maximum atomic E-state index is 11.8. The fourth-order valence-electron chi connectivity index (χ4n) is 2.59. The molecule has 1 unspecified atom stereocenters. The summed E-state index contributed by atoms with van der Waals surface area (Å²) in [5.41, 5.74) is -0.786. The van der Waals surface area contributed by atoms with Gasteiger partial charge in [-0.2, -0.15) is 0 Å². The Bertz CT molecular complexity index is 327. The van der Waals surface area contributed by atoms with Gasteiger partial charge in [-0.25, -0.2) is 4.79 Å². The van der Waals surface area contributed by atoms with Gasteiger partial charge in [0.2, 0.25) is 0 Å². The molecule has 0 heterocycles. The summed E-state index contributed by atoms with van der Waals surface area (Å²) in [7, 11) is 1.62. The molecule has 0 aliphatic heterocycles. The van der Waals surface area contributed by atoms with Crippen molar-refractivity contribution in [2.24, 2.45) is 5.41 Å². The van der Waals surface area contributed by atoms with Crippen LogP contribution >= 0.6 is 0 Å². The molecule has 1 saturated carbocycles. The molecule has 6 nitrogen and oxygen atoms in total. The maximum absolute atomic E-state index is 11.8. The maximum Gasteiger partial charge on any atom is 0.315 e. The van der Waals surface area contributed by atoms with Crippen molar-refractivity contribution in [1.82, 2.24) is 10.6 Å². The van der Waals surface area contributed by atoms with Crippen molar-refractivity contribution in [3.63, 3.8) is 0 Å². The third-order valence-electron chi connectivity index (χ3n) is 3.98. The van der Waals surface area contributed by atoms with Gasteiger partial charge in [-0.1, -0.05) is 19.3 Å². The number of hydrogen-bond acceptors (Lipinski definition) is 3. The predicted octanol–water partition coefficient (Wildman–Crippen LogP) is 1.75. The van der Waals surface area contributed by atoms with Crippen LogP contribution in [0.3, 0.4) is 0 Å². The molecular weight excluding hydrogens is 260 g/mol. The summed E-state index contributed by atoms with van der Waals surface area (Å²) in [5.74, 6) is -0.801. The summed E-state index contributed by atoms with van der Waals surface area (Å²) in [5, 5.41) is 14.9. The Kier molecular flexibility index (Phi) is 6.78. The summed E-state index contributed by atoms with van der Waals surface area (Å²) >= 11 is 0. The molecule has 0 saturated heterocycles. The molecule has 2 amide bonds. The van der Waals surface area contributed by atoms with Crippen molar-refractivity contribution < 1.29 is 19.4 Å². The lowest BCUT2D eigenvalue weighted by Crippen LogP contribution is -2.48. The third kappa shape index (κ3) is 5.00. The Morgan fingerprint density at radius 2 is 1.95 bits per heavy atom. The number of nitrogens with one attached hydrogen (secondary N) is 2. The topological polar surface area (TPSA) is 87.7 Å². The molecule has 0 aromatic rings. The molecule has 0 aromatic heterocycles. The normalized spacial score (nSPS) is 19.1. The molecule has 116 valence electrons. The Morgan fingerprint density at radius 3 is 2.50 bits per heavy atom. The second-order valence-electron chi connectivity index (χ2n) is 5.66. The average Bonchev–Trinajstić information content (AvgIpc) is 2.43. The smallest absolute Gasteiger partial charge is 0.315 e. The van der Waals surface area contributed by atoms with E-state index in [-0.39, 0.29) is 18.6 Å². The molecule has 20 heavy (non-hydrogen) atoms. The molecular formula is C14H26N2O4. The first-order valence-electron chi connectivity index (χ1n) is 7.27. The number of aliphatic carboxylic acids is 1. The van der Waals surface area contributed by atoms with Crippen LogP contribution in [0, 0.1) is 5.41 Å². The number of carboxylic acid groups (broad SMARTS) is 1. The minimum atomic E-state index is -0.801. The highest BCUT2D eigenvalue weighted by atomic mass is 16.5. The van der Waals surface area contributed by atoms with Crippen LogP contribution in [0.5, 0.6) is 0 Å². The molecule has 1 aliphatic carbocycles. The number of amides is 2. The Hall–Kier alpha value is -1.30. The van der Waals surface area contributed by atoms with Crippen LogP contribution in [0.4, 0.5) is 4.79 Å². The van der Waals surface area contributed by atoms with E-state index in [9.17, 15) is 14.7 Å². The molecule has 1 fully saturated rings. The van der Waals surface area contributed by atoms with Crippen molar-refractivity contribution >= 4 is 12.0 Å². The van der Waals surface area contributed by atoms with Crippen LogP contribution in [-0.4, -0.2) is 43.4 Å². The van der Waals surface area contributed by atoms with Gasteiger partial charge in [-0.05, 0) is 26.2 Å². The molecule has 1 aliphatic rings. The number of hydrogen-bond donors (Lipinski definition) is 3. The number of carbonyl (C=O) groups is 2. The van der Waals surface area contributed by atoms with Gasteiger partial charge in [0.15, 0.2) is 0 Å². The SMILES string of the molecule is COCCC(C)NC(=O)NCC1(C(=O)O)CCCCC1. The molecule has 1 atom stereocenters. The summed E-state index contributed by atoms with van der Waals surface area (Å²) in [6.45, 7) is 2.68. The number of urea groups is 1. The number of carbonyl (C=O) groups excluding carboxylic acids is 1. The highest BCUT2D eigenvalue weighted by Crippen LogP contribution is 2.35. The largest absolute Gasteiger partial charge is 0.481 e. The summed E-state index contributed by atoms with van der Waals surface area (Å²) in [4.78, 5) is 23.2. The zero-order valence-electron chi connectivity index (χ0n) is 12.4. The van der Waals surface area contributed by atoms with Crippen molar-refractivity contribution in [3.8, 4) is 0 Å². The lowest BCUT2D eigenvalue weighted by atomic mass is 9.74. The predicted molar refractivity (Wildman–Crippen MR) is 75.6 cm³/mol. The Labute approximate surface area is 120 Å². The van der Waals surface area contributed by atoms with Crippen molar-refractivity contribution in [1.29, 1.82) is 0 Å². The number of methoxy groups -OCH3 is 1. The summed E-state index contributed by atoms with van der Waals surface area (Å²) in [6.07, 6.45) is 4.92. The van der Waals surface area contributed by atoms with Crippen molar-refractivity contribution in [3.05, 3.63) is 0 Å². The van der Waals surface area contributed by atoms with Gasteiger partial charge in [0.1, 0.15) is 0 Å². The number of rotatable bonds is 7. The molecule has 0 bridgehead atoms. The van der Waals surface area contributed by atoms with Crippen molar-refractivity contribution in [2.75, 3.05) is 20.3 Å². The second-order valence-corrected chi connectivity index (χ2v) is 5.66. The van der Waals surface area contributed by atoms with E-state index < -0.39 is 11.4 Å². The zero-order chi connectivity index (χ0) is 15.0. The van der Waals surface area contributed by atoms with E-state index in [1.54, 1.807) is 7.11 Å². The molecule has 0 spiro atoms. The van der Waals surface area contributed by atoms with E-state index in [1.165, 1.54) is 0 Å². The van der Waals surface area contributed by atoms with Gasteiger partial charge in [0.05, 0.1) is 5.41 Å². The van der Waals surface area contributed by atoms with Gasteiger partial charge >= 0.3 is 12.0 Å². The lowest BCUT2D eigenvalue weighted by molar-refractivity contribution is -0.150. The van der Waals surface area contributed by atoms with E-state index in [1.807, 2.05) is 6.92 Å². The monoisotopic (exact) mass is 286 g/mol. The van der Waals surface area contributed by atoms with E-state index in [0.717, 1.165) is 25.7 Å². The third-order valence-corrected chi connectivity index (χ3v) is 3.98. The van der Waals surface area contributed by atoms with E-state index in [0.29, 0.717) is 19.4 Å². The molecule has 0 radical (unpaired) electrons. The first-order valence-corrected chi connectivity index (χ1v) is 7.27. The molecule has 1 rings (SSSR count). The minimum absolute atomic E-state index is 0.00193. The van der Waals surface area contributed by atoms with Gasteiger partial charge in [-0.3, -0.25) is 4.79 Å². The fraction of sp³-hybridized carbons (Fsp3) is 0.857. The van der Waals surface area contributed by atoms with Crippen LogP contribution in [0.1, 0.15) is 45.4 Å². The summed E-state index contributed by atoms with van der Waals surface area (Å²) in [6, 6.07) is -0.304. The highest BCUT2D eigenvalue weighted by Gasteiger charge is 2.39. The first-order chi connectivity index (χ1) is 9.50. The minimum Gasteiger partial charge on any atom is -0.481 e.